The Kier molecular flexibility index (Phi) is 5.13. The number of hydrogen-bond donors (Lipinski definition) is 1. The van der Waals surface area contributed by atoms with Crippen LogP contribution >= 0.6 is 11.6 Å². The van der Waals surface area contributed by atoms with Gasteiger partial charge in [0.05, 0.1) is 4.90 Å². The highest BCUT2D eigenvalue weighted by Crippen LogP contribution is 2.25. The van der Waals surface area contributed by atoms with E-state index in [0.29, 0.717) is 18.0 Å². The first-order valence-corrected chi connectivity index (χ1v) is 9.83. The highest BCUT2D eigenvalue weighted by molar-refractivity contribution is 7.89. The van der Waals surface area contributed by atoms with Gasteiger partial charge in [0.25, 0.3) is 0 Å². The van der Waals surface area contributed by atoms with Crippen LogP contribution in [0.2, 0.25) is 5.02 Å². The second-order valence-corrected chi connectivity index (χ2v) is 8.42. The summed E-state index contributed by atoms with van der Waals surface area (Å²) in [5, 5.41) is 0.365. The molecule has 0 bridgehead atoms. The molecule has 0 saturated carbocycles. The number of hydrogen-bond acceptors (Lipinski definition) is 3. The molecule has 0 aliphatic carbocycles. The average Bonchev–Trinajstić information content (AvgIpc) is 2.95. The van der Waals surface area contributed by atoms with Crippen molar-refractivity contribution in [3.05, 3.63) is 59.1 Å². The molecule has 2 aromatic rings. The van der Waals surface area contributed by atoms with Gasteiger partial charge in [0.2, 0.25) is 15.9 Å². The number of anilines is 1. The van der Waals surface area contributed by atoms with Crippen molar-refractivity contribution < 1.29 is 13.2 Å². The maximum absolute atomic E-state index is 12.3. The van der Waals surface area contributed by atoms with Gasteiger partial charge < -0.3 is 4.90 Å². The summed E-state index contributed by atoms with van der Waals surface area (Å²) in [4.78, 5) is 14.1. The maximum atomic E-state index is 12.3. The molecule has 1 aliphatic heterocycles. The van der Waals surface area contributed by atoms with Gasteiger partial charge in [-0.15, -0.1) is 0 Å². The molecule has 132 valence electrons. The monoisotopic (exact) mass is 378 g/mol. The highest BCUT2D eigenvalue weighted by atomic mass is 35.5. The minimum Gasteiger partial charge on any atom is -0.312 e. The van der Waals surface area contributed by atoms with E-state index >= 15 is 0 Å². The normalized spacial score (nSPS) is 17.9. The van der Waals surface area contributed by atoms with Crippen molar-refractivity contribution >= 4 is 33.2 Å². The number of amides is 1. The molecular weight excluding hydrogens is 360 g/mol. The van der Waals surface area contributed by atoms with E-state index in [0.717, 1.165) is 11.3 Å². The van der Waals surface area contributed by atoms with Gasteiger partial charge in [-0.05, 0) is 43.2 Å². The summed E-state index contributed by atoms with van der Waals surface area (Å²) in [6.45, 7) is 2.70. The smallest absolute Gasteiger partial charge is 0.240 e. The zero-order valence-electron chi connectivity index (χ0n) is 13.8. The van der Waals surface area contributed by atoms with E-state index in [1.165, 1.54) is 12.1 Å². The molecule has 1 fully saturated rings. The maximum Gasteiger partial charge on any atom is 0.240 e. The zero-order valence-corrected chi connectivity index (χ0v) is 15.3. The van der Waals surface area contributed by atoms with Crippen LogP contribution in [0.4, 0.5) is 5.69 Å². The Labute approximate surface area is 152 Å². The summed E-state index contributed by atoms with van der Waals surface area (Å²) < 4.78 is 27.3. The summed E-state index contributed by atoms with van der Waals surface area (Å²) in [5.74, 6) is -0.0569. The van der Waals surface area contributed by atoms with E-state index in [2.05, 4.69) is 4.72 Å². The summed E-state index contributed by atoms with van der Waals surface area (Å²) in [6, 6.07) is 13.8. The van der Waals surface area contributed by atoms with Gasteiger partial charge in [-0.1, -0.05) is 35.4 Å². The summed E-state index contributed by atoms with van der Waals surface area (Å²) >= 11 is 5.85. The molecule has 7 heteroatoms. The largest absolute Gasteiger partial charge is 0.312 e. The lowest BCUT2D eigenvalue weighted by Crippen LogP contribution is -2.31. The first-order chi connectivity index (χ1) is 11.8. The van der Waals surface area contributed by atoms with E-state index in [4.69, 9.17) is 11.6 Å². The molecule has 1 saturated heterocycles. The van der Waals surface area contributed by atoms with E-state index in [9.17, 15) is 13.2 Å². The van der Waals surface area contributed by atoms with Crippen LogP contribution in [0.1, 0.15) is 12.0 Å². The van der Waals surface area contributed by atoms with Crippen molar-refractivity contribution in [2.75, 3.05) is 18.0 Å². The third kappa shape index (κ3) is 4.21. The molecule has 1 atom stereocenters. The second kappa shape index (κ2) is 7.15. The van der Waals surface area contributed by atoms with E-state index < -0.39 is 10.0 Å². The summed E-state index contributed by atoms with van der Waals surface area (Å²) in [5.41, 5.74) is 1.97. The van der Waals surface area contributed by atoms with Crippen molar-refractivity contribution in [2.45, 2.75) is 18.2 Å². The number of carbonyl (C=O) groups excluding carboxylic acids is 1. The number of nitrogens with zero attached hydrogens (tertiary/aromatic N) is 1. The van der Waals surface area contributed by atoms with Gasteiger partial charge in [-0.2, -0.15) is 0 Å². The SMILES string of the molecule is Cc1ccc(N2C[C@@H](CNS(=O)(=O)c3cccc(Cl)c3)CC2=O)cc1. The van der Waals surface area contributed by atoms with Crippen LogP contribution in [0.5, 0.6) is 0 Å². The van der Waals surface area contributed by atoms with Crippen LogP contribution in [-0.4, -0.2) is 27.4 Å². The Bertz CT molecular complexity index is 881. The van der Waals surface area contributed by atoms with Crippen molar-refractivity contribution in [3.63, 3.8) is 0 Å². The number of benzene rings is 2. The zero-order chi connectivity index (χ0) is 18.0. The first kappa shape index (κ1) is 17.9. The number of rotatable bonds is 5. The molecular formula is C18H19ClN2O3S. The van der Waals surface area contributed by atoms with E-state index in [-0.39, 0.29) is 23.3 Å². The third-order valence-corrected chi connectivity index (χ3v) is 5.88. The summed E-state index contributed by atoms with van der Waals surface area (Å²) in [6.07, 6.45) is 0.325. The van der Waals surface area contributed by atoms with Crippen LogP contribution in [0.3, 0.4) is 0 Å². The van der Waals surface area contributed by atoms with Gasteiger partial charge in [-0.25, -0.2) is 13.1 Å². The number of carbonyl (C=O) groups is 1. The quantitative estimate of drug-likeness (QED) is 0.869. The lowest BCUT2D eigenvalue weighted by atomic mass is 10.1. The van der Waals surface area contributed by atoms with Gasteiger partial charge in [0.15, 0.2) is 0 Å². The minimum absolute atomic E-state index is 0.0100. The van der Waals surface area contributed by atoms with Crippen LogP contribution in [0.25, 0.3) is 0 Å². The van der Waals surface area contributed by atoms with Crippen molar-refractivity contribution in [2.24, 2.45) is 5.92 Å². The number of aryl methyl sites for hydroxylation is 1. The van der Waals surface area contributed by atoms with Crippen molar-refractivity contribution in [3.8, 4) is 0 Å². The predicted molar refractivity (Wildman–Crippen MR) is 98.3 cm³/mol. The number of halogens is 1. The van der Waals surface area contributed by atoms with Crippen LogP contribution in [0.15, 0.2) is 53.4 Å². The Morgan fingerprint density at radius 1 is 1.20 bits per heavy atom. The number of sulfonamides is 1. The molecule has 1 amide bonds. The second-order valence-electron chi connectivity index (χ2n) is 6.22. The first-order valence-electron chi connectivity index (χ1n) is 7.97. The van der Waals surface area contributed by atoms with Crippen molar-refractivity contribution in [1.82, 2.24) is 4.72 Å². The average molecular weight is 379 g/mol. The van der Waals surface area contributed by atoms with Gasteiger partial charge in [0.1, 0.15) is 0 Å². The van der Waals surface area contributed by atoms with Gasteiger partial charge in [-0.3, -0.25) is 4.79 Å². The van der Waals surface area contributed by atoms with Gasteiger partial charge in [0, 0.05) is 30.2 Å². The topological polar surface area (TPSA) is 66.5 Å². The van der Waals surface area contributed by atoms with E-state index in [1.54, 1.807) is 17.0 Å². The fraction of sp³-hybridized carbons (Fsp3) is 0.278. The minimum atomic E-state index is -3.64. The molecule has 0 spiro atoms. The van der Waals surface area contributed by atoms with E-state index in [1.807, 2.05) is 31.2 Å². The predicted octanol–water partition coefficient (Wildman–Crippen LogP) is 2.98. The standard InChI is InChI=1S/C18H19ClN2O3S/c1-13-5-7-16(8-6-13)21-12-14(9-18(21)22)11-20-25(23,24)17-4-2-3-15(19)10-17/h2-8,10,14,20H,9,11-12H2,1H3/t14-/m1/s1. The number of nitrogens with one attached hydrogen (secondary N) is 1. The molecule has 25 heavy (non-hydrogen) atoms. The lowest BCUT2D eigenvalue weighted by Gasteiger charge is -2.17. The molecule has 3 rings (SSSR count). The van der Waals surface area contributed by atoms with Crippen LogP contribution < -0.4 is 9.62 Å². The van der Waals surface area contributed by atoms with Crippen molar-refractivity contribution in [1.29, 1.82) is 0 Å². The Hall–Kier alpha value is -1.89. The molecule has 1 heterocycles. The molecule has 2 aromatic carbocycles. The molecule has 0 unspecified atom stereocenters. The third-order valence-electron chi connectivity index (χ3n) is 4.22. The Morgan fingerprint density at radius 2 is 1.92 bits per heavy atom. The fourth-order valence-electron chi connectivity index (χ4n) is 2.84. The van der Waals surface area contributed by atoms with Crippen LogP contribution in [0, 0.1) is 12.8 Å². The highest BCUT2D eigenvalue weighted by Gasteiger charge is 2.31. The Balaban J connectivity index is 1.65. The molecule has 5 nitrogen and oxygen atoms in total. The van der Waals surface area contributed by atoms with Gasteiger partial charge >= 0.3 is 0 Å². The molecule has 1 N–H and O–H groups in total. The molecule has 1 aliphatic rings. The molecule has 0 aromatic heterocycles. The molecule has 0 radical (unpaired) electrons. The summed E-state index contributed by atoms with van der Waals surface area (Å²) in [7, 11) is -3.64. The van der Waals surface area contributed by atoms with Crippen LogP contribution in [-0.2, 0) is 14.8 Å². The lowest BCUT2D eigenvalue weighted by molar-refractivity contribution is -0.117. The fourth-order valence-corrected chi connectivity index (χ4v) is 4.25. The Morgan fingerprint density at radius 3 is 2.60 bits per heavy atom.